The molecule has 1 unspecified atom stereocenters. The number of carbonyl (C=O) groups is 2. The largest absolute Gasteiger partial charge is 0.474 e. The van der Waals surface area contributed by atoms with E-state index in [0.29, 0.717) is 48.5 Å². The van der Waals surface area contributed by atoms with Crippen LogP contribution in [0.5, 0.6) is 5.88 Å². The number of rotatable bonds is 9. The van der Waals surface area contributed by atoms with Crippen LogP contribution >= 0.6 is 11.3 Å². The number of hydrogen-bond acceptors (Lipinski definition) is 6. The summed E-state index contributed by atoms with van der Waals surface area (Å²) in [6, 6.07) is 4.91. The molecule has 2 aromatic rings. The first kappa shape index (κ1) is 27.4. The second kappa shape index (κ2) is 13.2. The number of pyridine rings is 1. The zero-order valence-corrected chi connectivity index (χ0v) is 22.7. The molecule has 2 saturated carbocycles. The van der Waals surface area contributed by atoms with Crippen molar-refractivity contribution in [2.45, 2.75) is 90.3 Å². The van der Waals surface area contributed by atoms with Crippen LogP contribution < -0.4 is 20.3 Å². The lowest BCUT2D eigenvalue weighted by molar-refractivity contribution is -0.123. The molecule has 2 aromatic heterocycles. The van der Waals surface area contributed by atoms with E-state index in [0.717, 1.165) is 36.8 Å². The molecule has 202 valence electrons. The van der Waals surface area contributed by atoms with Gasteiger partial charge in [-0.1, -0.05) is 52.4 Å². The first-order valence-corrected chi connectivity index (χ1v) is 14.5. The highest BCUT2D eigenvalue weighted by Crippen LogP contribution is 2.32. The summed E-state index contributed by atoms with van der Waals surface area (Å²) in [6.07, 6.45) is 11.2. The summed E-state index contributed by atoms with van der Waals surface area (Å²) >= 11 is 1.40. The molecule has 1 aliphatic heterocycles. The summed E-state index contributed by atoms with van der Waals surface area (Å²) in [7, 11) is 0. The minimum absolute atomic E-state index is 0.0611. The number of amides is 2. The van der Waals surface area contributed by atoms with Crippen LogP contribution in [0.2, 0.25) is 0 Å². The van der Waals surface area contributed by atoms with Crippen LogP contribution in [-0.4, -0.2) is 42.0 Å². The lowest BCUT2D eigenvalue weighted by atomic mass is 9.97. The van der Waals surface area contributed by atoms with Gasteiger partial charge >= 0.3 is 0 Å². The molecule has 7 nitrogen and oxygen atoms in total. The molecule has 0 spiro atoms. The van der Waals surface area contributed by atoms with Crippen LogP contribution in [0.1, 0.15) is 86.2 Å². The summed E-state index contributed by atoms with van der Waals surface area (Å²) in [5.41, 5.74) is 0.619. The van der Waals surface area contributed by atoms with Crippen LogP contribution in [0.4, 0.5) is 10.1 Å². The van der Waals surface area contributed by atoms with Crippen molar-refractivity contribution in [1.29, 1.82) is 0 Å². The molecule has 3 heterocycles. The van der Waals surface area contributed by atoms with Crippen molar-refractivity contribution >= 4 is 28.8 Å². The van der Waals surface area contributed by atoms with Crippen LogP contribution in [0, 0.1) is 11.7 Å². The minimum Gasteiger partial charge on any atom is -0.474 e. The van der Waals surface area contributed by atoms with Gasteiger partial charge in [0.05, 0.1) is 24.2 Å². The predicted octanol–water partition coefficient (Wildman–Crippen LogP) is 5.44. The molecule has 37 heavy (non-hydrogen) atoms. The highest BCUT2D eigenvalue weighted by atomic mass is 32.1. The smallest absolute Gasteiger partial charge is 0.262 e. The first-order chi connectivity index (χ1) is 18.0. The fourth-order valence-corrected chi connectivity index (χ4v) is 5.56. The maximum Gasteiger partial charge on any atom is 0.262 e. The number of hydrogen-bond donors (Lipinski definition) is 2. The number of anilines is 1. The average Bonchev–Trinajstić information content (AvgIpc) is 3.34. The highest BCUT2D eigenvalue weighted by molar-refractivity contribution is 7.14. The molecule has 3 aliphatic rings. The third kappa shape index (κ3) is 7.90. The van der Waals surface area contributed by atoms with Crippen molar-refractivity contribution < 1.29 is 18.7 Å². The van der Waals surface area contributed by atoms with E-state index >= 15 is 0 Å². The second-order valence-corrected chi connectivity index (χ2v) is 11.4. The van der Waals surface area contributed by atoms with Gasteiger partial charge in [-0.15, -0.1) is 11.3 Å². The fourth-order valence-electron chi connectivity index (χ4n) is 4.63. The maximum absolute atomic E-state index is 13.7. The van der Waals surface area contributed by atoms with E-state index in [1.54, 1.807) is 6.07 Å². The van der Waals surface area contributed by atoms with Crippen molar-refractivity contribution in [3.63, 3.8) is 0 Å². The lowest BCUT2D eigenvalue weighted by Crippen LogP contribution is -2.48. The molecule has 2 fully saturated rings. The Morgan fingerprint density at radius 3 is 2.65 bits per heavy atom. The zero-order chi connectivity index (χ0) is 26.2. The number of nitrogens with one attached hydrogen (secondary N) is 2. The fraction of sp³-hybridized carbons (Fsp3) is 0.607. The number of unbranched alkanes of at least 4 members (excludes halogenated alkanes) is 1. The summed E-state index contributed by atoms with van der Waals surface area (Å²) in [5.74, 6) is 0.237. The van der Waals surface area contributed by atoms with E-state index in [9.17, 15) is 14.0 Å². The number of fused-ring (bicyclic) bond motifs is 1. The Hall–Kier alpha value is -2.68. The van der Waals surface area contributed by atoms with Crippen molar-refractivity contribution in [3.8, 4) is 5.88 Å². The van der Waals surface area contributed by atoms with Gasteiger partial charge in [0, 0.05) is 17.0 Å². The number of aromatic nitrogens is 1. The number of nitrogens with zero attached hydrogens (tertiary/aromatic N) is 2. The molecule has 2 aliphatic carbocycles. The van der Waals surface area contributed by atoms with E-state index in [-0.39, 0.29) is 17.9 Å². The van der Waals surface area contributed by atoms with E-state index in [4.69, 9.17) is 4.74 Å². The Bertz CT molecular complexity index is 1050. The van der Waals surface area contributed by atoms with E-state index in [2.05, 4.69) is 29.5 Å². The Morgan fingerprint density at radius 2 is 1.95 bits per heavy atom. The van der Waals surface area contributed by atoms with Crippen LogP contribution in [0.25, 0.3) is 0 Å². The monoisotopic (exact) mass is 530 g/mol. The van der Waals surface area contributed by atoms with Gasteiger partial charge in [-0.3, -0.25) is 9.59 Å². The summed E-state index contributed by atoms with van der Waals surface area (Å²) in [5, 5.41) is 6.05. The molecule has 0 saturated heterocycles. The molecule has 0 bridgehead atoms. The van der Waals surface area contributed by atoms with Crippen molar-refractivity contribution in [3.05, 3.63) is 40.0 Å². The van der Waals surface area contributed by atoms with Gasteiger partial charge in [0.15, 0.2) is 0 Å². The van der Waals surface area contributed by atoms with Crippen molar-refractivity contribution in [1.82, 2.24) is 15.6 Å². The molecule has 2 amide bonds. The summed E-state index contributed by atoms with van der Waals surface area (Å²) < 4.78 is 19.2. The highest BCUT2D eigenvalue weighted by Gasteiger charge is 2.31. The van der Waals surface area contributed by atoms with Gasteiger partial charge in [-0.25, -0.2) is 9.37 Å². The van der Waals surface area contributed by atoms with Crippen LogP contribution in [0.15, 0.2) is 24.4 Å². The third-order valence-corrected chi connectivity index (χ3v) is 8.13. The molecular weight excluding hydrogens is 491 g/mol. The lowest BCUT2D eigenvalue weighted by Gasteiger charge is -2.29. The number of halogens is 1. The maximum atomic E-state index is 13.7. The van der Waals surface area contributed by atoms with Crippen molar-refractivity contribution in [2.75, 3.05) is 18.1 Å². The Balaban J connectivity index is 0.000000747. The quantitative estimate of drug-likeness (QED) is 0.451. The van der Waals surface area contributed by atoms with E-state index in [1.807, 2.05) is 11.0 Å². The Labute approximate surface area is 223 Å². The van der Waals surface area contributed by atoms with Gasteiger partial charge in [0.2, 0.25) is 11.8 Å². The number of carbonyl (C=O) groups excluding carboxylic acids is 2. The van der Waals surface area contributed by atoms with Gasteiger partial charge in [-0.05, 0) is 37.3 Å². The standard InChI is InChI=1S/C24H29FN4O3S.C4H10/c25-16-12-20-24(26-13-16)32-10-9-29(20)14-18-7-8-21(33-18)23(31)28-19(11-15-3-1-2-4-15)22(30)27-17-5-6-17;1-3-4-2/h7-8,12-13,15,17,19H,1-6,9-11,14H2,(H,27,30)(H,28,31);3-4H2,1-2H3. The molecule has 1 atom stereocenters. The van der Waals surface area contributed by atoms with Crippen molar-refractivity contribution in [2.24, 2.45) is 5.92 Å². The predicted molar refractivity (Wildman–Crippen MR) is 145 cm³/mol. The molecule has 0 aromatic carbocycles. The Morgan fingerprint density at radius 1 is 1.19 bits per heavy atom. The normalized spacial score (nSPS) is 17.8. The SMILES string of the molecule is CCCC.O=C(NC(CC1CCCC1)C(=O)NC1CC1)c1ccc(CN2CCOc3ncc(F)cc32)s1. The number of ether oxygens (including phenoxy) is 1. The second-order valence-electron chi connectivity index (χ2n) is 10.2. The van der Waals surface area contributed by atoms with E-state index in [1.165, 1.54) is 43.1 Å². The Kier molecular flexibility index (Phi) is 9.77. The van der Waals surface area contributed by atoms with Gasteiger partial charge < -0.3 is 20.3 Å². The molecule has 2 N–H and O–H groups in total. The summed E-state index contributed by atoms with van der Waals surface area (Å²) in [4.78, 5) is 33.4. The van der Waals surface area contributed by atoms with Crippen LogP contribution in [0.3, 0.4) is 0 Å². The summed E-state index contributed by atoms with van der Waals surface area (Å²) in [6.45, 7) is 5.98. The first-order valence-electron chi connectivity index (χ1n) is 13.7. The molecule has 0 radical (unpaired) electrons. The van der Waals surface area contributed by atoms with E-state index < -0.39 is 11.9 Å². The minimum atomic E-state index is -0.494. The molecular formula is C28H39FN4O3S. The third-order valence-electron chi connectivity index (χ3n) is 7.06. The van der Waals surface area contributed by atoms with Crippen LogP contribution in [-0.2, 0) is 11.3 Å². The molecule has 9 heteroatoms. The average molecular weight is 531 g/mol. The topological polar surface area (TPSA) is 83.6 Å². The zero-order valence-electron chi connectivity index (χ0n) is 21.9. The molecule has 5 rings (SSSR count). The van der Waals surface area contributed by atoms with Gasteiger partial charge in [0.1, 0.15) is 24.2 Å². The van der Waals surface area contributed by atoms with Gasteiger partial charge in [-0.2, -0.15) is 0 Å². The number of thiophene rings is 1. The van der Waals surface area contributed by atoms with Gasteiger partial charge in [0.25, 0.3) is 5.91 Å².